The molecule has 0 rings (SSSR count). The first kappa shape index (κ1) is 38.8. The van der Waals surface area contributed by atoms with E-state index >= 15 is 0 Å². The van der Waals surface area contributed by atoms with E-state index < -0.39 is 0 Å². The summed E-state index contributed by atoms with van der Waals surface area (Å²) >= 11 is 0. The number of nitrogens with one attached hydrogen (secondary N) is 1. The topological polar surface area (TPSA) is 95.9 Å². The lowest BCUT2D eigenvalue weighted by Crippen LogP contribution is -2.35. The van der Waals surface area contributed by atoms with E-state index in [9.17, 15) is 14.4 Å². The van der Waals surface area contributed by atoms with Gasteiger partial charge >= 0.3 is 5.97 Å². The lowest BCUT2D eigenvalue weighted by molar-refractivity contribution is -0.155. The number of esters is 1. The molecule has 0 aliphatic rings. The van der Waals surface area contributed by atoms with E-state index in [1.165, 1.54) is 17.7 Å². The molecule has 0 aliphatic heterocycles. The number of carbonyl (C=O) groups excluding carboxylic acids is 3. The highest BCUT2D eigenvalue weighted by Gasteiger charge is 2.16. The van der Waals surface area contributed by atoms with Crippen molar-refractivity contribution in [1.29, 1.82) is 0 Å². The summed E-state index contributed by atoms with van der Waals surface area (Å²) in [6.45, 7) is 18.7. The largest absolute Gasteiger partial charge is 0.460 e. The maximum atomic E-state index is 11.6. The molecule has 0 aromatic carbocycles. The summed E-state index contributed by atoms with van der Waals surface area (Å²) in [5, 5.41) is 11.6. The maximum Gasteiger partial charge on any atom is 0.306 e. The van der Waals surface area contributed by atoms with Crippen LogP contribution in [0.25, 0.3) is 0 Å². The Kier molecular flexibility index (Phi) is 23.1. The van der Waals surface area contributed by atoms with Crippen molar-refractivity contribution in [2.45, 2.75) is 93.7 Å². The predicted molar refractivity (Wildman–Crippen MR) is 156 cm³/mol. The van der Waals surface area contributed by atoms with Gasteiger partial charge in [-0.05, 0) is 53.0 Å². The number of hydrogen-bond acceptors (Lipinski definition) is 7. The number of ether oxygens (including phenoxy) is 1. The quantitative estimate of drug-likeness (QED) is 0.125. The molecule has 1 atom stereocenters. The van der Waals surface area contributed by atoms with E-state index in [4.69, 9.17) is 9.84 Å². The molecule has 0 radical (unpaired) electrons. The molecule has 0 saturated carbocycles. The van der Waals surface area contributed by atoms with Gasteiger partial charge in [0.15, 0.2) is 0 Å². The molecule has 0 fully saturated rings. The van der Waals surface area contributed by atoms with Crippen molar-refractivity contribution >= 4 is 39.4 Å². The monoisotopic (exact) mass is 546 g/mol. The van der Waals surface area contributed by atoms with E-state index in [0.717, 1.165) is 17.0 Å². The first-order valence-corrected chi connectivity index (χ1v) is 14.2. The molecule has 7 nitrogen and oxygen atoms in total. The first-order valence-electron chi connectivity index (χ1n) is 11.8. The predicted octanol–water partition coefficient (Wildman–Crippen LogP) is 6.11. The Morgan fingerprint density at radius 2 is 1.75 bits per heavy atom. The van der Waals surface area contributed by atoms with Crippen molar-refractivity contribution in [2.75, 3.05) is 19.4 Å². The standard InChI is InChI=1S/C16H26N2O3S2.C10H20O2.CH4/c1-6-8-14(18(5)13(4)20)15(7-2)23-22-10-9-16(21)17-12(3)11-19;1-8(2)6-7-9(11)12-10(3,4)5;/h6-8,12,19H,1,9-11H2,2-5H3,(H,17,21);8H,6-7H2,1-5H3;1H4/b14-8+,15-7+;;. The molecule has 0 bridgehead atoms. The van der Waals surface area contributed by atoms with Crippen LogP contribution < -0.4 is 5.32 Å². The van der Waals surface area contributed by atoms with Crippen molar-refractivity contribution in [3.63, 3.8) is 0 Å². The van der Waals surface area contributed by atoms with Gasteiger partial charge in [-0.25, -0.2) is 0 Å². The number of hydrogen-bond donors (Lipinski definition) is 2. The van der Waals surface area contributed by atoms with Gasteiger partial charge in [-0.15, -0.1) is 0 Å². The maximum absolute atomic E-state index is 11.6. The van der Waals surface area contributed by atoms with E-state index in [1.54, 1.807) is 41.8 Å². The number of aliphatic hydroxyl groups is 1. The van der Waals surface area contributed by atoms with Crippen LogP contribution >= 0.6 is 21.6 Å². The van der Waals surface area contributed by atoms with Crippen LogP contribution in [0.15, 0.2) is 35.4 Å². The fraction of sp³-hybridized carbons (Fsp3) is 0.667. The number of allylic oxidation sites excluding steroid dienone is 3. The SMILES string of the molecule is C.C=C/C=C(\C(=C/C)SSCCC(=O)NC(C)CO)N(C)C(C)=O.CC(C)CCC(=O)OC(C)(C)C. The molecule has 210 valence electrons. The Balaban J connectivity index is -0.000000710. The lowest BCUT2D eigenvalue weighted by Gasteiger charge is -2.20. The van der Waals surface area contributed by atoms with E-state index in [1.807, 2.05) is 33.8 Å². The molecule has 9 heteroatoms. The second-order valence-corrected chi connectivity index (χ2v) is 11.8. The van der Waals surface area contributed by atoms with Gasteiger partial charge in [-0.1, -0.05) is 61.6 Å². The van der Waals surface area contributed by atoms with Gasteiger partial charge in [0.05, 0.1) is 12.3 Å². The summed E-state index contributed by atoms with van der Waals surface area (Å²) in [5.41, 5.74) is 0.444. The van der Waals surface area contributed by atoms with Crippen LogP contribution in [0, 0.1) is 5.92 Å². The Bertz CT molecular complexity index is 728. The van der Waals surface area contributed by atoms with Crippen LogP contribution in [0.4, 0.5) is 0 Å². The van der Waals surface area contributed by atoms with Gasteiger partial charge in [0.25, 0.3) is 0 Å². The van der Waals surface area contributed by atoms with Crippen molar-refractivity contribution in [1.82, 2.24) is 10.2 Å². The van der Waals surface area contributed by atoms with Crippen molar-refractivity contribution in [3.05, 3.63) is 35.4 Å². The van der Waals surface area contributed by atoms with E-state index in [2.05, 4.69) is 25.7 Å². The molecule has 1 unspecified atom stereocenters. The van der Waals surface area contributed by atoms with Crippen LogP contribution in [0.2, 0.25) is 0 Å². The zero-order valence-electron chi connectivity index (χ0n) is 23.0. The van der Waals surface area contributed by atoms with E-state index in [-0.39, 0.29) is 43.5 Å². The first-order chi connectivity index (χ1) is 16.2. The number of carbonyl (C=O) groups is 3. The Morgan fingerprint density at radius 1 is 1.17 bits per heavy atom. The van der Waals surface area contributed by atoms with Gasteiger partial charge in [-0.3, -0.25) is 14.4 Å². The summed E-state index contributed by atoms with van der Waals surface area (Å²) in [4.78, 5) is 36.8. The lowest BCUT2D eigenvalue weighted by atomic mass is 10.1. The molecule has 0 aromatic rings. The summed E-state index contributed by atoms with van der Waals surface area (Å²) < 4.78 is 5.15. The van der Waals surface area contributed by atoms with Crippen molar-refractivity contribution in [2.24, 2.45) is 5.92 Å². The average molecular weight is 547 g/mol. The van der Waals surface area contributed by atoms with Crippen LogP contribution in [-0.2, 0) is 19.1 Å². The molecule has 2 N–H and O–H groups in total. The zero-order chi connectivity index (χ0) is 27.6. The fourth-order valence-corrected chi connectivity index (χ4v) is 4.60. The molecule has 0 aromatic heterocycles. The molecule has 0 aliphatic carbocycles. The third-order valence-electron chi connectivity index (χ3n) is 4.21. The van der Waals surface area contributed by atoms with Gasteiger partial charge in [0, 0.05) is 43.5 Å². The number of aliphatic hydroxyl groups excluding tert-OH is 1. The minimum Gasteiger partial charge on any atom is -0.460 e. The van der Waals surface area contributed by atoms with Crippen LogP contribution in [0.3, 0.4) is 0 Å². The minimum atomic E-state index is -0.339. The highest BCUT2D eigenvalue weighted by atomic mass is 33.1. The highest BCUT2D eigenvalue weighted by molar-refractivity contribution is 8.78. The van der Waals surface area contributed by atoms with E-state index in [0.29, 0.717) is 24.5 Å². The Morgan fingerprint density at radius 3 is 2.17 bits per heavy atom. The number of rotatable bonds is 13. The van der Waals surface area contributed by atoms with Gasteiger partial charge in [0.2, 0.25) is 11.8 Å². The number of nitrogens with zero attached hydrogens (tertiary/aromatic N) is 1. The molecule has 2 amide bonds. The second kappa shape index (κ2) is 21.4. The number of likely N-dealkylation sites (N-methyl/N-ethyl adjacent to an activating group) is 1. The van der Waals surface area contributed by atoms with Crippen molar-refractivity contribution in [3.8, 4) is 0 Å². The van der Waals surface area contributed by atoms with Crippen LogP contribution in [0.5, 0.6) is 0 Å². The Hall–Kier alpha value is -1.71. The number of amides is 2. The van der Waals surface area contributed by atoms with Crippen molar-refractivity contribution < 1.29 is 24.2 Å². The normalized spacial score (nSPS) is 12.5. The summed E-state index contributed by atoms with van der Waals surface area (Å²) in [5.74, 6) is 0.982. The molecule has 0 heterocycles. The van der Waals surface area contributed by atoms with Gasteiger partial charge in [-0.2, -0.15) is 0 Å². The van der Waals surface area contributed by atoms with Gasteiger partial charge in [0.1, 0.15) is 5.60 Å². The minimum absolute atomic E-state index is 0. The van der Waals surface area contributed by atoms with Gasteiger partial charge < -0.3 is 20.1 Å². The smallest absolute Gasteiger partial charge is 0.306 e. The average Bonchev–Trinajstić information content (AvgIpc) is 2.75. The third kappa shape index (κ3) is 21.6. The molecule has 0 spiro atoms. The Labute approximate surface area is 228 Å². The molecular formula is C27H50N2O5S2. The third-order valence-corrected chi connectivity index (χ3v) is 6.72. The second-order valence-electron chi connectivity index (χ2n) is 9.34. The molecular weight excluding hydrogens is 496 g/mol. The highest BCUT2D eigenvalue weighted by Crippen LogP contribution is 2.36. The zero-order valence-corrected chi connectivity index (χ0v) is 24.6. The summed E-state index contributed by atoms with van der Waals surface area (Å²) in [7, 11) is 4.78. The molecule has 36 heavy (non-hydrogen) atoms. The van der Waals surface area contributed by atoms with Crippen LogP contribution in [0.1, 0.15) is 82.1 Å². The molecule has 0 saturated heterocycles. The summed E-state index contributed by atoms with van der Waals surface area (Å²) in [6.07, 6.45) is 7.19. The fourth-order valence-electron chi connectivity index (χ4n) is 2.31. The van der Waals surface area contributed by atoms with Crippen LogP contribution in [-0.4, -0.2) is 58.8 Å². The summed E-state index contributed by atoms with van der Waals surface area (Å²) in [6, 6.07) is -0.224.